The van der Waals surface area contributed by atoms with E-state index in [1.807, 2.05) is 0 Å². The van der Waals surface area contributed by atoms with Crippen molar-refractivity contribution in [2.45, 2.75) is 113 Å². The molecule has 0 saturated heterocycles. The first-order valence-corrected chi connectivity index (χ1v) is 16.5. The first kappa shape index (κ1) is 36.6. The molecule has 2 rings (SSSR count). The van der Waals surface area contributed by atoms with Crippen LogP contribution in [0.3, 0.4) is 0 Å². The smallest absolute Gasteiger partial charge is 0.326 e. The van der Waals surface area contributed by atoms with Crippen molar-refractivity contribution < 1.29 is 28.4 Å². The summed E-state index contributed by atoms with van der Waals surface area (Å²) in [6, 6.07) is 0. The lowest BCUT2D eigenvalue weighted by Gasteiger charge is -2.35. The number of anilines is 1. The standard InChI is InChI=1S/C29H52N7O6P/c1-20(16-36-18-33-21-22(30)31-17-32-23(21)36)42-19-43(39,34-28(8,9)24(37)40-14-12-26(2,3)4)35-29(10,11)25(38)41-15-13-27(5,6)7/h17-18,20H,12-16,19H2,1-11H3,(H2,30,31,32)(H2,34,35,39)/t20-/m1/s1. The van der Waals surface area contributed by atoms with E-state index in [1.54, 1.807) is 45.5 Å². The molecule has 2 heterocycles. The maximum atomic E-state index is 14.5. The first-order chi connectivity index (χ1) is 19.5. The zero-order valence-electron chi connectivity index (χ0n) is 27.7. The van der Waals surface area contributed by atoms with E-state index in [9.17, 15) is 14.2 Å². The minimum absolute atomic E-state index is 0.0195. The fourth-order valence-electron chi connectivity index (χ4n) is 3.94. The molecule has 1 atom stereocenters. The van der Waals surface area contributed by atoms with Crippen LogP contribution in [0.5, 0.6) is 0 Å². The van der Waals surface area contributed by atoms with Crippen LogP contribution in [0.4, 0.5) is 5.82 Å². The van der Waals surface area contributed by atoms with Crippen LogP contribution in [0.25, 0.3) is 11.2 Å². The number of nitrogen functional groups attached to an aromatic ring is 1. The van der Waals surface area contributed by atoms with Gasteiger partial charge in [0.05, 0.1) is 32.2 Å². The molecular weight excluding hydrogens is 573 g/mol. The number of hydrogen-bond acceptors (Lipinski definition) is 10. The molecule has 0 unspecified atom stereocenters. The maximum Gasteiger partial charge on any atom is 0.326 e. The summed E-state index contributed by atoms with van der Waals surface area (Å²) in [5.74, 6) is -0.873. The molecule has 13 nitrogen and oxygen atoms in total. The van der Waals surface area contributed by atoms with E-state index in [-0.39, 0.29) is 36.2 Å². The Morgan fingerprint density at radius 3 is 1.84 bits per heavy atom. The third-order valence-electron chi connectivity index (χ3n) is 6.54. The predicted octanol–water partition coefficient (Wildman–Crippen LogP) is 4.66. The van der Waals surface area contributed by atoms with Gasteiger partial charge >= 0.3 is 11.9 Å². The van der Waals surface area contributed by atoms with E-state index in [4.69, 9.17) is 19.9 Å². The summed E-state index contributed by atoms with van der Waals surface area (Å²) < 4.78 is 33.3. The highest BCUT2D eigenvalue weighted by molar-refractivity contribution is 7.59. The molecule has 0 saturated carbocycles. The molecule has 244 valence electrons. The van der Waals surface area contributed by atoms with Gasteiger partial charge in [-0.1, -0.05) is 41.5 Å². The number of hydrogen-bond donors (Lipinski definition) is 3. The lowest BCUT2D eigenvalue weighted by Crippen LogP contribution is -2.54. The van der Waals surface area contributed by atoms with Gasteiger partial charge in [-0.2, -0.15) is 0 Å². The third-order valence-corrected chi connectivity index (χ3v) is 8.89. The quantitative estimate of drug-likeness (QED) is 0.185. The second-order valence-electron chi connectivity index (χ2n) is 14.5. The van der Waals surface area contributed by atoms with Crippen LogP contribution < -0.4 is 15.9 Å². The largest absolute Gasteiger partial charge is 0.464 e. The van der Waals surface area contributed by atoms with Crippen molar-refractivity contribution >= 4 is 36.4 Å². The molecule has 0 radical (unpaired) electrons. The number of nitrogens with one attached hydrogen (secondary N) is 2. The molecule has 0 aliphatic rings. The summed E-state index contributed by atoms with van der Waals surface area (Å²) in [6.45, 7) is 21.2. The molecule has 14 heteroatoms. The van der Waals surface area contributed by atoms with Crippen LogP contribution in [-0.2, 0) is 34.9 Å². The average molecular weight is 626 g/mol. The van der Waals surface area contributed by atoms with Crippen LogP contribution in [0.15, 0.2) is 12.7 Å². The molecule has 0 aromatic carbocycles. The Morgan fingerprint density at radius 1 is 0.884 bits per heavy atom. The summed E-state index contributed by atoms with van der Waals surface area (Å²) in [6.07, 6.45) is 3.47. The number of nitrogens with zero attached hydrogens (tertiary/aromatic N) is 4. The second kappa shape index (κ2) is 14.0. The van der Waals surface area contributed by atoms with E-state index in [2.05, 4.69) is 66.7 Å². The summed E-state index contributed by atoms with van der Waals surface area (Å²) in [4.78, 5) is 38.6. The lowest BCUT2D eigenvalue weighted by molar-refractivity contribution is -0.150. The lowest BCUT2D eigenvalue weighted by atomic mass is 9.93. The van der Waals surface area contributed by atoms with Gasteiger partial charge in [-0.05, 0) is 58.3 Å². The van der Waals surface area contributed by atoms with Crippen molar-refractivity contribution in [3.8, 4) is 0 Å². The molecule has 2 aromatic heterocycles. The maximum absolute atomic E-state index is 14.5. The fourth-order valence-corrected chi connectivity index (χ4v) is 6.58. The summed E-state index contributed by atoms with van der Waals surface area (Å²) in [7, 11) is -3.79. The van der Waals surface area contributed by atoms with Crippen LogP contribution >= 0.6 is 7.44 Å². The van der Waals surface area contributed by atoms with E-state index in [0.717, 1.165) is 0 Å². The van der Waals surface area contributed by atoms with Crippen LogP contribution in [0.2, 0.25) is 0 Å². The van der Waals surface area contributed by atoms with Gasteiger partial charge in [0, 0.05) is 0 Å². The van der Waals surface area contributed by atoms with Gasteiger partial charge in [-0.25, -0.2) is 25.1 Å². The number of aromatic nitrogens is 4. The Morgan fingerprint density at radius 2 is 1.37 bits per heavy atom. The van der Waals surface area contributed by atoms with Crippen LogP contribution in [0, 0.1) is 10.8 Å². The molecule has 0 spiro atoms. The van der Waals surface area contributed by atoms with Crippen molar-refractivity contribution in [3.63, 3.8) is 0 Å². The number of imidazole rings is 1. The molecule has 43 heavy (non-hydrogen) atoms. The Balaban J connectivity index is 2.21. The van der Waals surface area contributed by atoms with Crippen molar-refractivity contribution in [3.05, 3.63) is 12.7 Å². The zero-order chi connectivity index (χ0) is 32.9. The van der Waals surface area contributed by atoms with Crippen LogP contribution in [-0.4, -0.2) is 68.2 Å². The number of carbonyl (C=O) groups is 2. The normalized spacial score (nSPS) is 14.1. The SMILES string of the molecule is C[C@H](Cn1cnc2c(N)ncnc21)OCP(=O)(NC(C)(C)C(=O)OCCC(C)(C)C)NC(C)(C)C(=O)OCCC(C)(C)C. The van der Waals surface area contributed by atoms with E-state index in [1.165, 1.54) is 6.33 Å². The van der Waals surface area contributed by atoms with E-state index in [0.29, 0.717) is 30.6 Å². The van der Waals surface area contributed by atoms with E-state index >= 15 is 0 Å². The third kappa shape index (κ3) is 11.8. The van der Waals surface area contributed by atoms with Gasteiger partial charge in [-0.3, -0.25) is 14.2 Å². The number of carbonyl (C=O) groups excluding carboxylic acids is 2. The summed E-state index contributed by atoms with van der Waals surface area (Å²) in [5.41, 5.74) is 4.14. The molecular formula is C29H52N7O6P. The highest BCUT2D eigenvalue weighted by Crippen LogP contribution is 2.42. The Kier molecular flexibility index (Phi) is 11.9. The number of fused-ring (bicyclic) bond motifs is 1. The van der Waals surface area contributed by atoms with Crippen molar-refractivity contribution in [1.29, 1.82) is 0 Å². The number of nitrogens with two attached hydrogens (primary N) is 1. The second-order valence-corrected chi connectivity index (χ2v) is 16.7. The Labute approximate surface area is 255 Å². The predicted molar refractivity (Wildman–Crippen MR) is 167 cm³/mol. The van der Waals surface area contributed by atoms with Gasteiger partial charge in [0.15, 0.2) is 11.5 Å². The van der Waals surface area contributed by atoms with Crippen molar-refractivity contribution in [1.82, 2.24) is 29.7 Å². The fraction of sp³-hybridized carbons (Fsp3) is 0.759. The van der Waals surface area contributed by atoms with Gasteiger partial charge in [-0.15, -0.1) is 0 Å². The van der Waals surface area contributed by atoms with Gasteiger partial charge < -0.3 is 24.5 Å². The summed E-state index contributed by atoms with van der Waals surface area (Å²) in [5, 5.41) is 5.88. The molecule has 0 fully saturated rings. The molecule has 0 aliphatic heterocycles. The van der Waals surface area contributed by atoms with Crippen LogP contribution in [0.1, 0.15) is 89.0 Å². The Hall–Kier alpha value is -2.60. The zero-order valence-corrected chi connectivity index (χ0v) is 28.6. The minimum atomic E-state index is -3.79. The Bertz CT molecular complexity index is 1250. The molecule has 0 bridgehead atoms. The monoisotopic (exact) mass is 625 g/mol. The number of rotatable bonds is 15. The summed E-state index contributed by atoms with van der Waals surface area (Å²) >= 11 is 0. The first-order valence-electron chi connectivity index (χ1n) is 14.6. The number of esters is 2. The molecule has 2 aromatic rings. The van der Waals surface area contributed by atoms with Crippen molar-refractivity contribution in [2.24, 2.45) is 10.8 Å². The minimum Gasteiger partial charge on any atom is -0.464 e. The number of ether oxygens (including phenoxy) is 3. The topological polar surface area (TPSA) is 173 Å². The van der Waals surface area contributed by atoms with Gasteiger partial charge in [0.1, 0.15) is 29.3 Å². The highest BCUT2D eigenvalue weighted by atomic mass is 31.2. The van der Waals surface area contributed by atoms with E-state index < -0.39 is 36.6 Å². The molecule has 4 N–H and O–H groups in total. The molecule has 0 aliphatic carbocycles. The molecule has 0 amide bonds. The average Bonchev–Trinajstić information content (AvgIpc) is 3.24. The van der Waals surface area contributed by atoms with Gasteiger partial charge in [0.25, 0.3) is 0 Å². The van der Waals surface area contributed by atoms with Crippen molar-refractivity contribution in [2.75, 3.05) is 25.3 Å². The van der Waals surface area contributed by atoms with Gasteiger partial charge in [0.2, 0.25) is 7.44 Å². The highest BCUT2D eigenvalue weighted by Gasteiger charge is 2.43.